The van der Waals surface area contributed by atoms with Gasteiger partial charge in [-0.3, -0.25) is 0 Å². The van der Waals surface area contributed by atoms with Gasteiger partial charge >= 0.3 is 0 Å². The molecule has 21 heavy (non-hydrogen) atoms. The highest BCUT2D eigenvalue weighted by atomic mass is 32.2. The molecule has 4 nitrogen and oxygen atoms in total. The summed E-state index contributed by atoms with van der Waals surface area (Å²) in [6, 6.07) is 6.67. The van der Waals surface area contributed by atoms with E-state index in [1.807, 2.05) is 0 Å². The third-order valence-corrected chi connectivity index (χ3v) is 5.49. The zero-order valence-corrected chi connectivity index (χ0v) is 13.2. The van der Waals surface area contributed by atoms with Crippen molar-refractivity contribution in [2.24, 2.45) is 5.92 Å². The Labute approximate surface area is 126 Å². The number of aliphatic hydroxyl groups excluding tert-OH is 1. The average molecular weight is 309 g/mol. The molecule has 1 aliphatic carbocycles. The molecule has 0 unspecified atom stereocenters. The van der Waals surface area contributed by atoms with Gasteiger partial charge in [0.2, 0.25) is 10.0 Å². The van der Waals surface area contributed by atoms with Crippen LogP contribution in [0.3, 0.4) is 0 Å². The zero-order chi connectivity index (χ0) is 15.3. The summed E-state index contributed by atoms with van der Waals surface area (Å²) >= 11 is 0. The molecule has 1 aliphatic rings. The molecular formula is C16H23NO3S. The Bertz CT molecular complexity index is 584. The molecule has 116 valence electrons. The summed E-state index contributed by atoms with van der Waals surface area (Å²) in [5, 5.41) is 9.59. The summed E-state index contributed by atoms with van der Waals surface area (Å²) in [4.78, 5) is 0.240. The van der Waals surface area contributed by atoms with Crippen LogP contribution in [0.4, 0.5) is 0 Å². The standard InChI is InChI=1S/C16H23NO3S/c1-17-21(19,20)16-9-7-14(8-10-16)15(12-18)11-13-5-3-2-4-6-13/h7-11,13,17-18H,2-6,12H2,1H3. The van der Waals surface area contributed by atoms with Crippen LogP contribution in [-0.2, 0) is 10.0 Å². The van der Waals surface area contributed by atoms with Gasteiger partial charge in [-0.1, -0.05) is 37.5 Å². The highest BCUT2D eigenvalue weighted by Crippen LogP contribution is 2.28. The number of nitrogens with one attached hydrogen (secondary N) is 1. The highest BCUT2D eigenvalue weighted by molar-refractivity contribution is 7.89. The van der Waals surface area contributed by atoms with Gasteiger partial charge in [-0.15, -0.1) is 0 Å². The van der Waals surface area contributed by atoms with E-state index in [-0.39, 0.29) is 11.5 Å². The highest BCUT2D eigenvalue weighted by Gasteiger charge is 2.14. The van der Waals surface area contributed by atoms with E-state index in [9.17, 15) is 13.5 Å². The van der Waals surface area contributed by atoms with Crippen molar-refractivity contribution in [3.8, 4) is 0 Å². The van der Waals surface area contributed by atoms with E-state index < -0.39 is 10.0 Å². The summed E-state index contributed by atoms with van der Waals surface area (Å²) in [7, 11) is -2.01. The second-order valence-corrected chi connectivity index (χ2v) is 7.37. The van der Waals surface area contributed by atoms with Gasteiger partial charge in [-0.05, 0) is 49.1 Å². The molecule has 0 aromatic heterocycles. The first-order chi connectivity index (χ1) is 10.1. The first kappa shape index (κ1) is 16.2. The van der Waals surface area contributed by atoms with E-state index in [0.29, 0.717) is 5.92 Å². The lowest BCUT2D eigenvalue weighted by Crippen LogP contribution is -2.18. The summed E-state index contributed by atoms with van der Waals surface area (Å²) in [6.45, 7) is -0.0192. The third-order valence-electron chi connectivity index (χ3n) is 4.06. The van der Waals surface area contributed by atoms with E-state index in [0.717, 1.165) is 11.1 Å². The molecule has 0 aliphatic heterocycles. The number of hydrogen-bond acceptors (Lipinski definition) is 3. The summed E-state index contributed by atoms with van der Waals surface area (Å²) in [6.07, 6.45) is 8.31. The molecule has 2 rings (SSSR count). The average Bonchev–Trinajstić information content (AvgIpc) is 2.54. The van der Waals surface area contributed by atoms with Gasteiger partial charge in [0.1, 0.15) is 0 Å². The van der Waals surface area contributed by atoms with E-state index in [2.05, 4.69) is 10.8 Å². The van der Waals surface area contributed by atoms with Crippen molar-refractivity contribution in [3.05, 3.63) is 35.9 Å². The molecule has 1 aromatic rings. The fraction of sp³-hybridized carbons (Fsp3) is 0.500. The van der Waals surface area contributed by atoms with Crippen molar-refractivity contribution >= 4 is 15.6 Å². The first-order valence-corrected chi connectivity index (χ1v) is 8.90. The molecular weight excluding hydrogens is 286 g/mol. The topological polar surface area (TPSA) is 66.4 Å². The predicted molar refractivity (Wildman–Crippen MR) is 84.3 cm³/mol. The van der Waals surface area contributed by atoms with Gasteiger partial charge in [-0.25, -0.2) is 13.1 Å². The van der Waals surface area contributed by atoms with Crippen LogP contribution in [0, 0.1) is 5.92 Å². The van der Waals surface area contributed by atoms with Gasteiger partial charge in [-0.2, -0.15) is 0 Å². The number of hydrogen-bond donors (Lipinski definition) is 2. The fourth-order valence-electron chi connectivity index (χ4n) is 2.79. The number of rotatable bonds is 5. The molecule has 0 radical (unpaired) electrons. The van der Waals surface area contributed by atoms with Gasteiger partial charge < -0.3 is 5.11 Å². The molecule has 0 saturated heterocycles. The maximum absolute atomic E-state index is 11.7. The van der Waals surface area contributed by atoms with E-state index in [1.165, 1.54) is 39.2 Å². The van der Waals surface area contributed by atoms with Crippen LogP contribution in [0.25, 0.3) is 5.57 Å². The first-order valence-electron chi connectivity index (χ1n) is 7.42. The SMILES string of the molecule is CNS(=O)(=O)c1ccc(C(=CC2CCCCC2)CO)cc1. The van der Waals surface area contributed by atoms with Crippen LogP contribution in [0.1, 0.15) is 37.7 Å². The zero-order valence-electron chi connectivity index (χ0n) is 12.4. The molecule has 0 spiro atoms. The molecule has 0 bridgehead atoms. The number of aliphatic hydroxyl groups is 1. The number of benzene rings is 1. The molecule has 0 amide bonds. The second-order valence-electron chi connectivity index (χ2n) is 5.48. The van der Waals surface area contributed by atoms with Crippen molar-refractivity contribution in [1.82, 2.24) is 4.72 Å². The van der Waals surface area contributed by atoms with E-state index in [1.54, 1.807) is 24.3 Å². The lowest BCUT2D eigenvalue weighted by molar-refractivity contribution is 0.347. The quantitative estimate of drug-likeness (QED) is 0.878. The number of sulfonamides is 1. The van der Waals surface area contributed by atoms with Crippen molar-refractivity contribution in [3.63, 3.8) is 0 Å². The van der Waals surface area contributed by atoms with Gasteiger partial charge in [0.15, 0.2) is 0 Å². The van der Waals surface area contributed by atoms with Crippen LogP contribution in [0.5, 0.6) is 0 Å². The van der Waals surface area contributed by atoms with Crippen molar-refractivity contribution < 1.29 is 13.5 Å². The Morgan fingerprint density at radius 3 is 2.38 bits per heavy atom. The minimum Gasteiger partial charge on any atom is -0.392 e. The maximum Gasteiger partial charge on any atom is 0.240 e. The number of allylic oxidation sites excluding steroid dienone is 1. The molecule has 0 heterocycles. The third kappa shape index (κ3) is 4.15. The van der Waals surface area contributed by atoms with Gasteiger partial charge in [0.25, 0.3) is 0 Å². The van der Waals surface area contributed by atoms with Crippen LogP contribution in [-0.4, -0.2) is 27.2 Å². The largest absolute Gasteiger partial charge is 0.392 e. The Hall–Kier alpha value is -1.17. The molecule has 1 fully saturated rings. The minimum absolute atomic E-state index is 0.0192. The minimum atomic E-state index is -3.41. The predicted octanol–water partition coefficient (Wildman–Crippen LogP) is 2.55. The Morgan fingerprint density at radius 2 is 1.86 bits per heavy atom. The monoisotopic (exact) mass is 309 g/mol. The van der Waals surface area contributed by atoms with Crippen LogP contribution < -0.4 is 4.72 Å². The van der Waals surface area contributed by atoms with Gasteiger partial charge in [0.05, 0.1) is 11.5 Å². The van der Waals surface area contributed by atoms with Crippen LogP contribution in [0.15, 0.2) is 35.2 Å². The summed E-state index contributed by atoms with van der Waals surface area (Å²) < 4.78 is 25.7. The lowest BCUT2D eigenvalue weighted by atomic mass is 9.87. The second kappa shape index (κ2) is 7.20. The van der Waals surface area contributed by atoms with Crippen LogP contribution >= 0.6 is 0 Å². The molecule has 0 atom stereocenters. The van der Waals surface area contributed by atoms with Crippen molar-refractivity contribution in [2.45, 2.75) is 37.0 Å². The van der Waals surface area contributed by atoms with E-state index in [4.69, 9.17) is 0 Å². The van der Waals surface area contributed by atoms with Gasteiger partial charge in [0, 0.05) is 0 Å². The summed E-state index contributed by atoms with van der Waals surface area (Å²) in [5.41, 5.74) is 1.77. The molecule has 5 heteroatoms. The molecule has 2 N–H and O–H groups in total. The Balaban J connectivity index is 2.20. The fourth-order valence-corrected chi connectivity index (χ4v) is 3.52. The smallest absolute Gasteiger partial charge is 0.240 e. The van der Waals surface area contributed by atoms with Crippen molar-refractivity contribution in [1.29, 1.82) is 0 Å². The Morgan fingerprint density at radius 1 is 1.24 bits per heavy atom. The molecule has 1 saturated carbocycles. The summed E-state index contributed by atoms with van der Waals surface area (Å²) in [5.74, 6) is 0.529. The maximum atomic E-state index is 11.7. The Kier molecular flexibility index (Phi) is 5.56. The van der Waals surface area contributed by atoms with E-state index >= 15 is 0 Å². The normalized spacial score (nSPS) is 17.9. The molecule has 1 aromatic carbocycles. The van der Waals surface area contributed by atoms with Crippen molar-refractivity contribution in [2.75, 3.05) is 13.7 Å². The lowest BCUT2D eigenvalue weighted by Gasteiger charge is -2.19. The van der Waals surface area contributed by atoms with Crippen LogP contribution in [0.2, 0.25) is 0 Å².